The van der Waals surface area contributed by atoms with Gasteiger partial charge in [0, 0.05) is 0 Å². The Kier molecular flexibility index (Phi) is 5.81. The Morgan fingerprint density at radius 1 is 0.966 bits per heavy atom. The lowest BCUT2D eigenvalue weighted by Crippen LogP contribution is -2.52. The van der Waals surface area contributed by atoms with Gasteiger partial charge in [-0.3, -0.25) is 0 Å². The Hall–Kier alpha value is -0.300. The van der Waals surface area contributed by atoms with Gasteiger partial charge in [0.25, 0.3) is 0 Å². The number of hydrogen-bond acceptors (Lipinski definition) is 1. The molecule has 29 heavy (non-hydrogen) atoms. The number of aliphatic hydroxyl groups is 1. The third-order valence-corrected chi connectivity index (χ3v) is 10.6. The van der Waals surface area contributed by atoms with Crippen LogP contribution in [0.5, 0.6) is 0 Å². The van der Waals surface area contributed by atoms with Gasteiger partial charge < -0.3 is 5.11 Å². The number of allylic oxidation sites excluding steroid dienone is 1. The third-order valence-electron chi connectivity index (χ3n) is 10.6. The summed E-state index contributed by atoms with van der Waals surface area (Å²) in [4.78, 5) is 0. The summed E-state index contributed by atoms with van der Waals surface area (Å²) < 4.78 is 0. The van der Waals surface area contributed by atoms with Crippen molar-refractivity contribution in [2.75, 3.05) is 0 Å². The van der Waals surface area contributed by atoms with Gasteiger partial charge in [0.2, 0.25) is 0 Å². The van der Waals surface area contributed by atoms with Crippen LogP contribution < -0.4 is 0 Å². The monoisotopic (exact) mass is 400 g/mol. The highest BCUT2D eigenvalue weighted by Crippen LogP contribution is 2.67. The maximum Gasteiger partial charge on any atom is 0.0657 e. The van der Waals surface area contributed by atoms with Crippen molar-refractivity contribution in [3.05, 3.63) is 11.6 Å². The van der Waals surface area contributed by atoms with Gasteiger partial charge in [-0.2, -0.15) is 0 Å². The topological polar surface area (TPSA) is 20.2 Å². The molecule has 3 fully saturated rings. The second-order valence-corrected chi connectivity index (χ2v) is 13.0. The molecule has 0 aromatic heterocycles. The Morgan fingerprint density at radius 2 is 1.72 bits per heavy atom. The van der Waals surface area contributed by atoms with E-state index < -0.39 is 5.60 Å². The molecule has 0 radical (unpaired) electrons. The first-order valence-corrected chi connectivity index (χ1v) is 13.0. The third kappa shape index (κ3) is 3.77. The lowest BCUT2D eigenvalue weighted by molar-refractivity contribution is -0.0705. The highest BCUT2D eigenvalue weighted by Gasteiger charge is 2.59. The fourth-order valence-electron chi connectivity index (χ4n) is 8.83. The Morgan fingerprint density at radius 3 is 2.45 bits per heavy atom. The van der Waals surface area contributed by atoms with Crippen LogP contribution >= 0.6 is 0 Å². The molecule has 1 heteroatoms. The number of fused-ring (bicyclic) bond motifs is 5. The predicted octanol–water partition coefficient (Wildman–Crippen LogP) is 7.78. The molecule has 1 nitrogen and oxygen atoms in total. The molecule has 0 aliphatic heterocycles. The van der Waals surface area contributed by atoms with E-state index in [-0.39, 0.29) is 0 Å². The molecule has 0 aromatic rings. The highest BCUT2D eigenvalue weighted by molar-refractivity contribution is 5.26. The van der Waals surface area contributed by atoms with E-state index in [1.807, 2.05) is 0 Å². The van der Waals surface area contributed by atoms with Gasteiger partial charge in [-0.05, 0) is 105 Å². The van der Waals surface area contributed by atoms with Crippen LogP contribution in [0.25, 0.3) is 0 Å². The minimum atomic E-state index is -0.467. The molecule has 0 bridgehead atoms. The maximum absolute atomic E-state index is 10.7. The minimum Gasteiger partial charge on any atom is -0.390 e. The average Bonchev–Trinajstić information content (AvgIpc) is 2.99. The first-order chi connectivity index (χ1) is 13.6. The summed E-state index contributed by atoms with van der Waals surface area (Å²) in [5, 5.41) is 10.7. The van der Waals surface area contributed by atoms with E-state index >= 15 is 0 Å². The molecule has 166 valence electrons. The highest BCUT2D eigenvalue weighted by atomic mass is 16.3. The van der Waals surface area contributed by atoms with E-state index in [0.717, 1.165) is 48.3 Å². The molecule has 3 saturated carbocycles. The SMILES string of the molecule is CC(C)CCCC(C)C1CCC2C3CC=C4CC(C)(O)CCC4(C)C3CCC12C. The van der Waals surface area contributed by atoms with E-state index in [1.54, 1.807) is 5.57 Å². The molecule has 1 N–H and O–H groups in total. The fourth-order valence-corrected chi connectivity index (χ4v) is 8.83. The summed E-state index contributed by atoms with van der Waals surface area (Å²) >= 11 is 0. The van der Waals surface area contributed by atoms with E-state index in [4.69, 9.17) is 0 Å². The molecule has 0 amide bonds. The molecule has 0 aromatic carbocycles. The van der Waals surface area contributed by atoms with E-state index in [0.29, 0.717) is 10.8 Å². The minimum absolute atomic E-state index is 0.369. The van der Waals surface area contributed by atoms with Crippen LogP contribution in [0.15, 0.2) is 11.6 Å². The lowest BCUT2D eigenvalue weighted by atomic mass is 9.46. The zero-order chi connectivity index (χ0) is 21.0. The first kappa shape index (κ1) is 21.9. The Labute approximate surface area is 181 Å². The predicted molar refractivity (Wildman–Crippen MR) is 124 cm³/mol. The Bertz CT molecular complexity index is 630. The zero-order valence-corrected chi connectivity index (χ0v) is 20.3. The number of rotatable bonds is 5. The molecule has 0 saturated heterocycles. The Balaban J connectivity index is 1.50. The van der Waals surface area contributed by atoms with Gasteiger partial charge in [-0.25, -0.2) is 0 Å². The van der Waals surface area contributed by atoms with E-state index in [9.17, 15) is 5.11 Å². The van der Waals surface area contributed by atoms with Crippen molar-refractivity contribution in [3.63, 3.8) is 0 Å². The molecular weight excluding hydrogens is 352 g/mol. The maximum atomic E-state index is 10.7. The quantitative estimate of drug-likeness (QED) is 0.467. The molecule has 8 atom stereocenters. The van der Waals surface area contributed by atoms with Gasteiger partial charge in [0.1, 0.15) is 0 Å². The van der Waals surface area contributed by atoms with Gasteiger partial charge in [-0.15, -0.1) is 0 Å². The van der Waals surface area contributed by atoms with Crippen molar-refractivity contribution in [1.29, 1.82) is 0 Å². The molecule has 4 aliphatic carbocycles. The molecule has 0 heterocycles. The molecule has 8 unspecified atom stereocenters. The largest absolute Gasteiger partial charge is 0.390 e. The zero-order valence-electron chi connectivity index (χ0n) is 20.3. The van der Waals surface area contributed by atoms with Crippen LogP contribution in [0.3, 0.4) is 0 Å². The van der Waals surface area contributed by atoms with Crippen LogP contribution in [0.4, 0.5) is 0 Å². The van der Waals surface area contributed by atoms with Crippen LogP contribution in [0.2, 0.25) is 0 Å². The second kappa shape index (κ2) is 7.68. The van der Waals surface area contributed by atoms with Crippen molar-refractivity contribution in [1.82, 2.24) is 0 Å². The van der Waals surface area contributed by atoms with Gasteiger partial charge in [0.05, 0.1) is 5.60 Å². The van der Waals surface area contributed by atoms with Crippen LogP contribution in [-0.2, 0) is 0 Å². The standard InChI is InChI=1S/C28H48O/c1-19(2)8-7-9-20(3)23-12-13-24-22-11-10-21-18-26(4,29)16-17-27(21,5)25(22)14-15-28(23,24)6/h10,19-20,22-25,29H,7-9,11-18H2,1-6H3. The van der Waals surface area contributed by atoms with Crippen molar-refractivity contribution in [3.8, 4) is 0 Å². The van der Waals surface area contributed by atoms with Crippen LogP contribution in [0, 0.1) is 46.3 Å². The van der Waals surface area contributed by atoms with Gasteiger partial charge in [0.15, 0.2) is 0 Å². The molecular formula is C28H48O. The normalized spacial score (nSPS) is 47.9. The lowest BCUT2D eigenvalue weighted by Gasteiger charge is -2.59. The summed E-state index contributed by atoms with van der Waals surface area (Å²) in [5.74, 6) is 5.41. The van der Waals surface area contributed by atoms with Crippen molar-refractivity contribution in [2.24, 2.45) is 46.3 Å². The van der Waals surface area contributed by atoms with Gasteiger partial charge in [-0.1, -0.05) is 65.5 Å². The molecule has 4 aliphatic rings. The summed E-state index contributed by atoms with van der Waals surface area (Å²) in [7, 11) is 0. The smallest absolute Gasteiger partial charge is 0.0657 e. The number of hydrogen-bond donors (Lipinski definition) is 1. The molecule has 0 spiro atoms. The summed E-state index contributed by atoms with van der Waals surface area (Å²) in [5.41, 5.74) is 2.09. The van der Waals surface area contributed by atoms with E-state index in [2.05, 4.69) is 47.6 Å². The van der Waals surface area contributed by atoms with E-state index in [1.165, 1.54) is 57.8 Å². The second-order valence-electron chi connectivity index (χ2n) is 13.0. The average molecular weight is 401 g/mol. The van der Waals surface area contributed by atoms with Gasteiger partial charge >= 0.3 is 0 Å². The van der Waals surface area contributed by atoms with Crippen molar-refractivity contribution >= 4 is 0 Å². The van der Waals surface area contributed by atoms with Crippen LogP contribution in [-0.4, -0.2) is 10.7 Å². The fraction of sp³-hybridized carbons (Fsp3) is 0.929. The first-order valence-electron chi connectivity index (χ1n) is 13.0. The summed E-state index contributed by atoms with van der Waals surface area (Å²) in [6, 6.07) is 0. The van der Waals surface area contributed by atoms with Crippen molar-refractivity contribution in [2.45, 2.75) is 118 Å². The van der Waals surface area contributed by atoms with Crippen molar-refractivity contribution < 1.29 is 5.11 Å². The summed E-state index contributed by atoms with van der Waals surface area (Å²) in [6.07, 6.45) is 17.1. The summed E-state index contributed by atoms with van der Waals surface area (Å²) in [6.45, 7) is 14.6. The molecule has 4 rings (SSSR count). The van der Waals surface area contributed by atoms with Crippen LogP contribution in [0.1, 0.15) is 112 Å².